The number of thiophene rings is 1. The molecular formula is C17H14ClN7S. The van der Waals surface area contributed by atoms with Crippen LogP contribution in [0.1, 0.15) is 22.8 Å². The molecule has 0 saturated carbocycles. The van der Waals surface area contributed by atoms with Gasteiger partial charge >= 0.3 is 0 Å². The minimum atomic E-state index is 0.456. The van der Waals surface area contributed by atoms with Crippen LogP contribution in [0.2, 0.25) is 5.02 Å². The van der Waals surface area contributed by atoms with E-state index in [2.05, 4.69) is 33.2 Å². The van der Waals surface area contributed by atoms with Crippen molar-refractivity contribution in [3.63, 3.8) is 0 Å². The number of hydrogen-bond donors (Lipinski definition) is 0. The standard InChI is InChI=1S/C17H14ClN7S/c1-8-4-9(2)20-17-13(8)14-15(26-17)16-21-12(23-25(16)7-19-14)6-24-5-11(18)10(3)22-24/h4-5,7H,6H2,1-3H3. The first-order chi connectivity index (χ1) is 12.5. The number of hydrogen-bond acceptors (Lipinski definition) is 6. The van der Waals surface area contributed by atoms with Gasteiger partial charge in [0.2, 0.25) is 0 Å². The minimum absolute atomic E-state index is 0.456. The summed E-state index contributed by atoms with van der Waals surface area (Å²) in [6, 6.07) is 2.08. The number of aryl methyl sites for hydroxylation is 3. The molecule has 0 bridgehead atoms. The molecule has 0 unspecified atom stereocenters. The molecule has 0 N–H and O–H groups in total. The summed E-state index contributed by atoms with van der Waals surface area (Å²) >= 11 is 7.69. The van der Waals surface area contributed by atoms with Gasteiger partial charge < -0.3 is 0 Å². The third-order valence-electron chi connectivity index (χ3n) is 4.33. The molecule has 5 aromatic rings. The molecule has 0 aliphatic carbocycles. The van der Waals surface area contributed by atoms with Gasteiger partial charge in [0.1, 0.15) is 22.4 Å². The highest BCUT2D eigenvalue weighted by Crippen LogP contribution is 2.35. The van der Waals surface area contributed by atoms with Crippen molar-refractivity contribution in [1.29, 1.82) is 0 Å². The zero-order chi connectivity index (χ0) is 18.0. The van der Waals surface area contributed by atoms with Crippen LogP contribution in [0.15, 0.2) is 18.6 Å². The molecule has 5 heterocycles. The molecule has 0 atom stereocenters. The molecule has 0 aliphatic heterocycles. The van der Waals surface area contributed by atoms with Crippen LogP contribution in [0.3, 0.4) is 0 Å². The maximum atomic E-state index is 6.08. The Hall–Kier alpha value is -2.58. The topological polar surface area (TPSA) is 73.8 Å². The van der Waals surface area contributed by atoms with Crippen molar-refractivity contribution in [3.05, 3.63) is 46.4 Å². The molecule has 0 aliphatic rings. The van der Waals surface area contributed by atoms with E-state index in [0.29, 0.717) is 17.4 Å². The highest BCUT2D eigenvalue weighted by molar-refractivity contribution is 7.26. The van der Waals surface area contributed by atoms with Crippen LogP contribution >= 0.6 is 22.9 Å². The van der Waals surface area contributed by atoms with E-state index < -0.39 is 0 Å². The number of nitrogens with zero attached hydrogens (tertiary/aromatic N) is 7. The van der Waals surface area contributed by atoms with Crippen molar-refractivity contribution in [2.75, 3.05) is 0 Å². The molecule has 0 spiro atoms. The summed E-state index contributed by atoms with van der Waals surface area (Å²) in [6.07, 6.45) is 3.49. The van der Waals surface area contributed by atoms with E-state index in [1.54, 1.807) is 33.1 Å². The second kappa shape index (κ2) is 5.46. The summed E-state index contributed by atoms with van der Waals surface area (Å²) in [5.41, 5.74) is 4.70. The lowest BCUT2D eigenvalue weighted by Crippen LogP contribution is -2.02. The number of rotatable bonds is 2. The third-order valence-corrected chi connectivity index (χ3v) is 5.77. The molecule has 5 rings (SSSR count). The summed E-state index contributed by atoms with van der Waals surface area (Å²) in [7, 11) is 0. The van der Waals surface area contributed by atoms with Gasteiger partial charge in [0.05, 0.1) is 16.2 Å². The van der Waals surface area contributed by atoms with E-state index >= 15 is 0 Å². The van der Waals surface area contributed by atoms with Gasteiger partial charge in [-0.3, -0.25) is 4.68 Å². The fourth-order valence-corrected chi connectivity index (χ4v) is 4.57. The lowest BCUT2D eigenvalue weighted by molar-refractivity contribution is 0.648. The largest absolute Gasteiger partial charge is 0.263 e. The van der Waals surface area contributed by atoms with Crippen molar-refractivity contribution >= 4 is 49.0 Å². The van der Waals surface area contributed by atoms with E-state index in [9.17, 15) is 0 Å². The van der Waals surface area contributed by atoms with Crippen LogP contribution in [0.4, 0.5) is 0 Å². The van der Waals surface area contributed by atoms with Gasteiger partial charge in [-0.2, -0.15) is 5.10 Å². The molecule has 0 fully saturated rings. The van der Waals surface area contributed by atoms with Crippen LogP contribution in [0, 0.1) is 20.8 Å². The smallest absolute Gasteiger partial charge is 0.176 e. The molecule has 0 aromatic carbocycles. The highest BCUT2D eigenvalue weighted by atomic mass is 35.5. The Bertz CT molecular complexity index is 1290. The van der Waals surface area contributed by atoms with E-state index in [1.807, 2.05) is 13.8 Å². The second-order valence-electron chi connectivity index (χ2n) is 6.34. The Morgan fingerprint density at radius 1 is 1.15 bits per heavy atom. The number of fused-ring (bicyclic) bond motifs is 5. The lowest BCUT2D eigenvalue weighted by atomic mass is 10.1. The van der Waals surface area contributed by atoms with Gasteiger partial charge in [-0.1, -0.05) is 11.6 Å². The molecule has 5 aromatic heterocycles. The zero-order valence-corrected chi connectivity index (χ0v) is 15.9. The molecule has 26 heavy (non-hydrogen) atoms. The van der Waals surface area contributed by atoms with Crippen molar-refractivity contribution in [3.8, 4) is 0 Å². The van der Waals surface area contributed by atoms with Gasteiger partial charge in [0, 0.05) is 17.3 Å². The summed E-state index contributed by atoms with van der Waals surface area (Å²) in [4.78, 5) is 15.0. The average molecular weight is 384 g/mol. The molecule has 7 nitrogen and oxygen atoms in total. The number of pyridine rings is 1. The summed E-state index contributed by atoms with van der Waals surface area (Å²) < 4.78 is 4.46. The monoisotopic (exact) mass is 383 g/mol. The third kappa shape index (κ3) is 2.29. The Morgan fingerprint density at radius 3 is 2.77 bits per heavy atom. The van der Waals surface area contributed by atoms with Crippen LogP contribution < -0.4 is 0 Å². The van der Waals surface area contributed by atoms with E-state index in [0.717, 1.165) is 37.5 Å². The van der Waals surface area contributed by atoms with Gasteiger partial charge in [-0.25, -0.2) is 19.5 Å². The quantitative estimate of drug-likeness (QED) is 0.464. The Balaban J connectivity index is 1.70. The van der Waals surface area contributed by atoms with Crippen molar-refractivity contribution in [2.24, 2.45) is 0 Å². The maximum absolute atomic E-state index is 6.08. The summed E-state index contributed by atoms with van der Waals surface area (Å²) in [6.45, 7) is 6.43. The fraction of sp³-hybridized carbons (Fsp3) is 0.235. The maximum Gasteiger partial charge on any atom is 0.176 e. The van der Waals surface area contributed by atoms with Crippen LogP contribution in [-0.2, 0) is 6.54 Å². The van der Waals surface area contributed by atoms with Crippen molar-refractivity contribution < 1.29 is 0 Å². The molecule has 9 heteroatoms. The first kappa shape index (κ1) is 15.7. The minimum Gasteiger partial charge on any atom is -0.263 e. The van der Waals surface area contributed by atoms with Crippen LogP contribution in [-0.4, -0.2) is 34.3 Å². The van der Waals surface area contributed by atoms with E-state index in [1.165, 1.54) is 5.56 Å². The predicted octanol–water partition coefficient (Wildman–Crippen LogP) is 3.71. The number of halogens is 1. The first-order valence-corrected chi connectivity index (χ1v) is 9.29. The molecule has 130 valence electrons. The second-order valence-corrected chi connectivity index (χ2v) is 7.75. The molecule has 0 saturated heterocycles. The fourth-order valence-electron chi connectivity index (χ4n) is 3.20. The molecular weight excluding hydrogens is 370 g/mol. The van der Waals surface area contributed by atoms with Crippen LogP contribution in [0.5, 0.6) is 0 Å². The van der Waals surface area contributed by atoms with Crippen molar-refractivity contribution in [1.82, 2.24) is 34.3 Å². The normalized spacial score (nSPS) is 12.0. The van der Waals surface area contributed by atoms with E-state index in [-0.39, 0.29) is 0 Å². The first-order valence-electron chi connectivity index (χ1n) is 8.10. The van der Waals surface area contributed by atoms with Gasteiger partial charge in [-0.05, 0) is 32.4 Å². The summed E-state index contributed by atoms with van der Waals surface area (Å²) in [5.74, 6) is 0.664. The molecule has 0 amide bonds. The van der Waals surface area contributed by atoms with Gasteiger partial charge in [0.25, 0.3) is 0 Å². The Labute approximate surface area is 157 Å². The van der Waals surface area contributed by atoms with Gasteiger partial charge in [0.15, 0.2) is 11.5 Å². The average Bonchev–Trinajstić information content (AvgIpc) is 3.22. The zero-order valence-electron chi connectivity index (χ0n) is 14.4. The summed E-state index contributed by atoms with van der Waals surface area (Å²) in [5, 5.41) is 10.6. The lowest BCUT2D eigenvalue weighted by Gasteiger charge is -1.98. The van der Waals surface area contributed by atoms with Crippen molar-refractivity contribution in [2.45, 2.75) is 27.3 Å². The number of aromatic nitrogens is 7. The Morgan fingerprint density at radius 2 is 2.00 bits per heavy atom. The van der Waals surface area contributed by atoms with Crippen LogP contribution in [0.25, 0.3) is 26.1 Å². The predicted molar refractivity (Wildman–Crippen MR) is 102 cm³/mol. The Kier molecular flexibility index (Phi) is 3.29. The SMILES string of the molecule is Cc1cc(C)c2c(n1)sc1c2ncn2nc(Cn3cc(Cl)c(C)n3)nc12. The van der Waals surface area contributed by atoms with Gasteiger partial charge in [-0.15, -0.1) is 16.4 Å². The van der Waals surface area contributed by atoms with E-state index in [4.69, 9.17) is 16.6 Å². The molecule has 0 radical (unpaired) electrons. The highest BCUT2D eigenvalue weighted by Gasteiger charge is 2.16.